The quantitative estimate of drug-likeness (QED) is 0.206. The lowest BCUT2D eigenvalue weighted by molar-refractivity contribution is 0.102. The third-order valence-corrected chi connectivity index (χ3v) is 6.46. The number of hydrogen-bond donors (Lipinski definition) is 2. The topological polar surface area (TPSA) is 116 Å². The van der Waals surface area contributed by atoms with Crippen molar-refractivity contribution in [1.29, 1.82) is 0 Å². The summed E-state index contributed by atoms with van der Waals surface area (Å²) in [6.45, 7) is 7.24. The smallest absolute Gasteiger partial charge is 0.261 e. The Balaban J connectivity index is 1.37. The maximum Gasteiger partial charge on any atom is 0.261 e. The lowest BCUT2D eigenvalue weighted by Crippen LogP contribution is -2.13. The van der Waals surface area contributed by atoms with Crippen molar-refractivity contribution in [3.8, 4) is 40.0 Å². The van der Waals surface area contributed by atoms with Crippen molar-refractivity contribution in [2.75, 3.05) is 12.4 Å². The number of rotatable bonds is 8. The third kappa shape index (κ3) is 5.78. The molecule has 5 rings (SSSR count). The van der Waals surface area contributed by atoms with Crippen molar-refractivity contribution in [3.05, 3.63) is 89.6 Å². The molecule has 5 aromatic rings. The lowest BCUT2D eigenvalue weighted by atomic mass is 9.96. The van der Waals surface area contributed by atoms with Gasteiger partial charge in [-0.3, -0.25) is 14.8 Å². The zero-order chi connectivity index (χ0) is 30.0. The van der Waals surface area contributed by atoms with E-state index in [1.165, 1.54) is 18.3 Å². The number of halogens is 1. The fourth-order valence-corrected chi connectivity index (χ4v) is 4.47. The first-order valence-electron chi connectivity index (χ1n) is 13.2. The number of aromatic nitrogens is 3. The summed E-state index contributed by atoms with van der Waals surface area (Å²) in [5.74, 6) is 0.597. The van der Waals surface area contributed by atoms with Crippen LogP contribution in [0.3, 0.4) is 0 Å². The van der Waals surface area contributed by atoms with E-state index in [0.29, 0.717) is 62.2 Å². The fourth-order valence-electron chi connectivity index (χ4n) is 4.47. The van der Waals surface area contributed by atoms with E-state index in [0.717, 1.165) is 0 Å². The highest BCUT2D eigenvalue weighted by molar-refractivity contribution is 6.07. The molecule has 0 saturated carbocycles. The maximum atomic E-state index is 13.7. The monoisotopic (exact) mass is 568 g/mol. The van der Waals surface area contributed by atoms with Gasteiger partial charge in [0.2, 0.25) is 0 Å². The molecule has 0 saturated heterocycles. The van der Waals surface area contributed by atoms with E-state index < -0.39 is 5.91 Å². The molecule has 0 aliphatic rings. The number of anilines is 1. The van der Waals surface area contributed by atoms with Gasteiger partial charge >= 0.3 is 0 Å². The van der Waals surface area contributed by atoms with E-state index in [1.807, 2.05) is 13.8 Å². The van der Waals surface area contributed by atoms with Crippen molar-refractivity contribution < 1.29 is 28.5 Å². The largest absolute Gasteiger partial charge is 0.506 e. The van der Waals surface area contributed by atoms with Crippen LogP contribution in [-0.2, 0) is 0 Å². The van der Waals surface area contributed by atoms with Gasteiger partial charge in [-0.25, -0.2) is 9.37 Å². The Kier molecular flexibility index (Phi) is 7.88. The molecule has 0 fully saturated rings. The van der Waals surface area contributed by atoms with Gasteiger partial charge in [0.1, 0.15) is 28.4 Å². The first-order chi connectivity index (χ1) is 20.1. The standard InChI is InChI=1S/C32H29FN4O5/c1-17(2)41-32-27(40-5)15-25-29(37-32)26(12-13-34-25)42-22-9-7-21(8-10-22)36-31(39)24-16-35-19(4)28(30(24)38)23-11-6-20(33)14-18(23)3/h6-17H,1-5H3,(H,35,38)(H,36,39). The second-order valence-electron chi connectivity index (χ2n) is 9.86. The van der Waals surface area contributed by atoms with Gasteiger partial charge in [0.05, 0.1) is 18.7 Å². The summed E-state index contributed by atoms with van der Waals surface area (Å²) < 4.78 is 31.0. The number of pyridine rings is 3. The van der Waals surface area contributed by atoms with Crippen LogP contribution in [0.25, 0.3) is 22.2 Å². The van der Waals surface area contributed by atoms with Crippen LogP contribution in [0.4, 0.5) is 10.1 Å². The van der Waals surface area contributed by atoms with Crippen molar-refractivity contribution >= 4 is 22.6 Å². The van der Waals surface area contributed by atoms with Gasteiger partial charge in [0.15, 0.2) is 11.5 Å². The number of benzene rings is 2. The lowest BCUT2D eigenvalue weighted by Gasteiger charge is -2.15. The number of hydrogen-bond acceptors (Lipinski definition) is 8. The molecule has 0 spiro atoms. The highest BCUT2D eigenvalue weighted by Gasteiger charge is 2.20. The van der Waals surface area contributed by atoms with E-state index in [1.54, 1.807) is 69.6 Å². The SMILES string of the molecule is COc1cc2nccc(Oc3ccc(NC(=O)c4cnc(C)c(-c5ccc(F)cc5C)c4O)cc3)c2nc1OC(C)C. The Bertz CT molecular complexity index is 1790. The summed E-state index contributed by atoms with van der Waals surface area (Å²) in [6, 6.07) is 14.4. The summed E-state index contributed by atoms with van der Waals surface area (Å²) in [4.78, 5) is 26.4. The van der Waals surface area contributed by atoms with E-state index in [-0.39, 0.29) is 23.2 Å². The molecule has 3 aromatic heterocycles. The molecule has 0 atom stereocenters. The van der Waals surface area contributed by atoms with Crippen LogP contribution < -0.4 is 19.5 Å². The Hall–Kier alpha value is -5.25. The number of aromatic hydroxyl groups is 1. The van der Waals surface area contributed by atoms with Gasteiger partial charge in [-0.15, -0.1) is 0 Å². The molecule has 3 heterocycles. The Morgan fingerprint density at radius 3 is 2.45 bits per heavy atom. The van der Waals surface area contributed by atoms with Crippen molar-refractivity contribution in [3.63, 3.8) is 0 Å². The minimum Gasteiger partial charge on any atom is -0.506 e. The molecule has 0 aliphatic heterocycles. The van der Waals surface area contributed by atoms with E-state index in [9.17, 15) is 14.3 Å². The number of nitrogens with one attached hydrogen (secondary N) is 1. The molecule has 9 nitrogen and oxygen atoms in total. The molecule has 2 N–H and O–H groups in total. The second-order valence-corrected chi connectivity index (χ2v) is 9.86. The van der Waals surface area contributed by atoms with Gasteiger partial charge in [0, 0.05) is 41.5 Å². The normalized spacial score (nSPS) is 11.0. The molecular weight excluding hydrogens is 539 g/mol. The van der Waals surface area contributed by atoms with Gasteiger partial charge in [0.25, 0.3) is 11.8 Å². The van der Waals surface area contributed by atoms with E-state index in [2.05, 4.69) is 20.3 Å². The van der Waals surface area contributed by atoms with Gasteiger partial charge in [-0.2, -0.15) is 0 Å². The third-order valence-electron chi connectivity index (χ3n) is 6.46. The van der Waals surface area contributed by atoms with Gasteiger partial charge in [-0.1, -0.05) is 6.07 Å². The van der Waals surface area contributed by atoms with Crippen LogP contribution >= 0.6 is 0 Å². The summed E-state index contributed by atoms with van der Waals surface area (Å²) >= 11 is 0. The first-order valence-corrected chi connectivity index (χ1v) is 13.2. The van der Waals surface area contributed by atoms with Crippen LogP contribution in [0.5, 0.6) is 28.9 Å². The number of aryl methyl sites for hydroxylation is 2. The number of carbonyl (C=O) groups is 1. The Labute approximate surface area is 242 Å². The number of amides is 1. The van der Waals surface area contributed by atoms with E-state index in [4.69, 9.17) is 14.2 Å². The van der Waals surface area contributed by atoms with Crippen molar-refractivity contribution in [1.82, 2.24) is 15.0 Å². The zero-order valence-corrected chi connectivity index (χ0v) is 23.7. The number of fused-ring (bicyclic) bond motifs is 1. The zero-order valence-electron chi connectivity index (χ0n) is 23.7. The summed E-state index contributed by atoms with van der Waals surface area (Å²) in [6.07, 6.45) is 2.82. The van der Waals surface area contributed by atoms with Crippen LogP contribution in [0.1, 0.15) is 35.5 Å². The predicted octanol–water partition coefficient (Wildman–Crippen LogP) is 6.99. The van der Waals surface area contributed by atoms with Gasteiger partial charge < -0.3 is 24.6 Å². The molecule has 0 bridgehead atoms. The predicted molar refractivity (Wildman–Crippen MR) is 157 cm³/mol. The molecule has 42 heavy (non-hydrogen) atoms. The minimum absolute atomic E-state index is 0.0103. The molecule has 214 valence electrons. The Morgan fingerprint density at radius 2 is 1.76 bits per heavy atom. The molecular formula is C32H29FN4O5. The molecule has 10 heteroatoms. The molecule has 0 aliphatic carbocycles. The minimum atomic E-state index is -0.550. The Morgan fingerprint density at radius 1 is 1.00 bits per heavy atom. The summed E-state index contributed by atoms with van der Waals surface area (Å²) in [5, 5.41) is 13.8. The number of ether oxygens (including phenoxy) is 3. The van der Waals surface area contributed by atoms with Crippen LogP contribution in [-0.4, -0.2) is 39.2 Å². The average Bonchev–Trinajstić information content (AvgIpc) is 2.95. The maximum absolute atomic E-state index is 13.7. The van der Waals surface area contributed by atoms with Crippen molar-refractivity contribution in [2.45, 2.75) is 33.8 Å². The highest BCUT2D eigenvalue weighted by atomic mass is 19.1. The molecule has 0 unspecified atom stereocenters. The second kappa shape index (κ2) is 11.7. The highest BCUT2D eigenvalue weighted by Crippen LogP contribution is 2.37. The summed E-state index contributed by atoms with van der Waals surface area (Å²) in [5.41, 5.74) is 3.64. The van der Waals surface area contributed by atoms with Crippen LogP contribution in [0.15, 0.2) is 67.0 Å². The average molecular weight is 569 g/mol. The molecule has 0 radical (unpaired) electrons. The van der Waals surface area contributed by atoms with Gasteiger partial charge in [-0.05, 0) is 75.2 Å². The number of carbonyl (C=O) groups excluding carboxylic acids is 1. The molecule has 1 amide bonds. The van der Waals surface area contributed by atoms with Crippen molar-refractivity contribution in [2.24, 2.45) is 0 Å². The summed E-state index contributed by atoms with van der Waals surface area (Å²) in [7, 11) is 1.54. The van der Waals surface area contributed by atoms with Crippen LogP contribution in [0, 0.1) is 19.7 Å². The number of methoxy groups -OCH3 is 1. The fraction of sp³-hybridized carbons (Fsp3) is 0.188. The first kappa shape index (κ1) is 28.3. The van der Waals surface area contributed by atoms with E-state index >= 15 is 0 Å². The number of nitrogens with zero attached hydrogens (tertiary/aromatic N) is 3. The van der Waals surface area contributed by atoms with Crippen LogP contribution in [0.2, 0.25) is 0 Å². The molecule has 2 aromatic carbocycles.